The summed E-state index contributed by atoms with van der Waals surface area (Å²) in [6, 6.07) is 7.02. The Morgan fingerprint density at radius 3 is 2.32 bits per heavy atom. The minimum Gasteiger partial charge on any atom is -0.357 e. The van der Waals surface area contributed by atoms with Crippen LogP contribution in [-0.2, 0) is 30.0 Å². The van der Waals surface area contributed by atoms with Gasteiger partial charge in [-0.2, -0.15) is 5.10 Å². The van der Waals surface area contributed by atoms with Crippen LogP contribution in [0.15, 0.2) is 34.2 Å². The smallest absolute Gasteiger partial charge is 0.242 e. The number of aryl methyl sites for hydroxylation is 2. The van der Waals surface area contributed by atoms with Crippen LogP contribution in [0.25, 0.3) is 0 Å². The van der Waals surface area contributed by atoms with E-state index in [4.69, 9.17) is 0 Å². The zero-order valence-electron chi connectivity index (χ0n) is 19.4. The fourth-order valence-electron chi connectivity index (χ4n) is 3.17. The molecule has 1 aromatic heterocycles. The van der Waals surface area contributed by atoms with Gasteiger partial charge in [-0.1, -0.05) is 12.1 Å². The first-order valence-corrected chi connectivity index (χ1v) is 11.6. The van der Waals surface area contributed by atoms with Crippen molar-refractivity contribution in [2.75, 3.05) is 20.6 Å². The van der Waals surface area contributed by atoms with Crippen LogP contribution in [0.4, 0.5) is 0 Å². The third-order valence-electron chi connectivity index (χ3n) is 5.02. The fourth-order valence-corrected chi connectivity index (χ4v) is 4.07. The minimum atomic E-state index is -3.42. The van der Waals surface area contributed by atoms with Gasteiger partial charge in [-0.05, 0) is 57.4 Å². The highest BCUT2D eigenvalue weighted by Gasteiger charge is 2.17. The van der Waals surface area contributed by atoms with E-state index in [1.165, 1.54) is 29.7 Å². The molecular weight excluding hydrogens is 527 g/mol. The summed E-state index contributed by atoms with van der Waals surface area (Å²) in [6.45, 7) is 9.48. The molecule has 2 rings (SSSR count). The summed E-state index contributed by atoms with van der Waals surface area (Å²) in [4.78, 5) is 4.93. The highest BCUT2D eigenvalue weighted by molar-refractivity contribution is 14.0. The summed E-state index contributed by atoms with van der Waals surface area (Å²) in [7, 11) is 1.59. The Kier molecular flexibility index (Phi) is 10.4. The van der Waals surface area contributed by atoms with Gasteiger partial charge in [-0.15, -0.1) is 24.0 Å². The van der Waals surface area contributed by atoms with Crippen molar-refractivity contribution in [2.24, 2.45) is 12.0 Å². The molecule has 0 amide bonds. The van der Waals surface area contributed by atoms with Crippen LogP contribution in [0.5, 0.6) is 0 Å². The number of halogens is 1. The number of hydrogen-bond acceptors (Lipinski definition) is 4. The lowest BCUT2D eigenvalue weighted by Gasteiger charge is -2.18. The van der Waals surface area contributed by atoms with Crippen LogP contribution in [0.2, 0.25) is 0 Å². The largest absolute Gasteiger partial charge is 0.357 e. The molecule has 0 radical (unpaired) electrons. The molecule has 31 heavy (non-hydrogen) atoms. The second-order valence-electron chi connectivity index (χ2n) is 7.65. The lowest BCUT2D eigenvalue weighted by Crippen LogP contribution is -2.43. The standard InChI is InChI=1S/C21H34N6O2S.HI/c1-8-22-21(24-15(2)13-20-16(3)25-27(7)17(20)4)23-14-18-9-11-19(12-10-18)30(28,29)26(5)6;/h9-12,15H,8,13-14H2,1-7H3,(H2,22,23,24);1H. The molecule has 0 fully saturated rings. The Morgan fingerprint density at radius 2 is 1.84 bits per heavy atom. The van der Waals surface area contributed by atoms with Crippen LogP contribution in [-0.4, -0.2) is 55.1 Å². The molecule has 0 saturated heterocycles. The predicted octanol–water partition coefficient (Wildman–Crippen LogP) is 2.59. The lowest BCUT2D eigenvalue weighted by molar-refractivity contribution is 0.520. The number of aromatic nitrogens is 2. The van der Waals surface area contributed by atoms with E-state index in [9.17, 15) is 8.42 Å². The van der Waals surface area contributed by atoms with Crippen molar-refractivity contribution in [1.29, 1.82) is 0 Å². The second-order valence-corrected chi connectivity index (χ2v) is 9.80. The van der Waals surface area contributed by atoms with E-state index in [2.05, 4.69) is 34.6 Å². The molecule has 0 aliphatic heterocycles. The summed E-state index contributed by atoms with van der Waals surface area (Å²) < 4.78 is 27.5. The van der Waals surface area contributed by atoms with Gasteiger partial charge in [0.2, 0.25) is 10.0 Å². The van der Waals surface area contributed by atoms with Crippen LogP contribution >= 0.6 is 24.0 Å². The molecular formula is C21H35IN6O2S. The maximum atomic E-state index is 12.2. The topological polar surface area (TPSA) is 91.6 Å². The number of guanidine groups is 1. The first-order chi connectivity index (χ1) is 14.1. The molecule has 0 aliphatic rings. The van der Waals surface area contributed by atoms with Crippen molar-refractivity contribution in [2.45, 2.75) is 51.6 Å². The Bertz CT molecular complexity index is 984. The zero-order chi connectivity index (χ0) is 22.5. The minimum absolute atomic E-state index is 0. The van der Waals surface area contributed by atoms with Gasteiger partial charge in [0, 0.05) is 39.4 Å². The van der Waals surface area contributed by atoms with Gasteiger partial charge in [-0.3, -0.25) is 4.68 Å². The molecule has 0 bridgehead atoms. The quantitative estimate of drug-likeness (QED) is 0.293. The predicted molar refractivity (Wildman–Crippen MR) is 137 cm³/mol. The van der Waals surface area contributed by atoms with Gasteiger partial charge >= 0.3 is 0 Å². The van der Waals surface area contributed by atoms with Crippen LogP contribution in [0.1, 0.15) is 36.4 Å². The second kappa shape index (κ2) is 11.8. The van der Waals surface area contributed by atoms with Crippen molar-refractivity contribution in [3.05, 3.63) is 46.8 Å². The van der Waals surface area contributed by atoms with Crippen molar-refractivity contribution >= 4 is 40.0 Å². The van der Waals surface area contributed by atoms with E-state index in [-0.39, 0.29) is 34.9 Å². The maximum Gasteiger partial charge on any atom is 0.242 e. The summed E-state index contributed by atoms with van der Waals surface area (Å²) in [5, 5.41) is 11.2. The normalized spacial score (nSPS) is 13.1. The van der Waals surface area contributed by atoms with E-state index in [1.807, 2.05) is 25.6 Å². The molecule has 0 aliphatic carbocycles. The first-order valence-electron chi connectivity index (χ1n) is 10.1. The van der Waals surface area contributed by atoms with Crippen molar-refractivity contribution in [3.8, 4) is 0 Å². The van der Waals surface area contributed by atoms with Crippen molar-refractivity contribution in [3.63, 3.8) is 0 Å². The number of hydrogen-bond donors (Lipinski definition) is 2. The Labute approximate surface area is 203 Å². The van der Waals surface area contributed by atoms with E-state index >= 15 is 0 Å². The molecule has 1 atom stereocenters. The molecule has 2 N–H and O–H groups in total. The number of sulfonamides is 1. The number of nitrogens with one attached hydrogen (secondary N) is 2. The third kappa shape index (κ3) is 7.18. The van der Waals surface area contributed by atoms with Crippen LogP contribution in [0.3, 0.4) is 0 Å². The summed E-state index contributed by atoms with van der Waals surface area (Å²) in [5.41, 5.74) is 4.43. The van der Waals surface area contributed by atoms with E-state index in [1.54, 1.807) is 24.3 Å². The van der Waals surface area contributed by atoms with Gasteiger partial charge in [0.05, 0.1) is 17.1 Å². The molecule has 2 aromatic rings. The fraction of sp³-hybridized carbons (Fsp3) is 0.524. The van der Waals surface area contributed by atoms with Gasteiger partial charge in [0.15, 0.2) is 5.96 Å². The molecule has 1 aromatic carbocycles. The van der Waals surface area contributed by atoms with Gasteiger partial charge < -0.3 is 10.6 Å². The molecule has 10 heteroatoms. The highest BCUT2D eigenvalue weighted by atomic mass is 127. The van der Waals surface area contributed by atoms with Gasteiger partial charge in [0.1, 0.15) is 0 Å². The monoisotopic (exact) mass is 562 g/mol. The Morgan fingerprint density at radius 1 is 1.23 bits per heavy atom. The van der Waals surface area contributed by atoms with Gasteiger partial charge in [0.25, 0.3) is 0 Å². The number of nitrogens with zero attached hydrogens (tertiary/aromatic N) is 4. The van der Waals surface area contributed by atoms with Gasteiger partial charge in [-0.25, -0.2) is 17.7 Å². The molecule has 0 saturated carbocycles. The third-order valence-corrected chi connectivity index (χ3v) is 6.85. The average molecular weight is 563 g/mol. The van der Waals surface area contributed by atoms with Crippen molar-refractivity contribution < 1.29 is 8.42 Å². The Hall–Kier alpha value is -1.66. The number of aliphatic imine (C=N–C) groups is 1. The molecule has 1 unspecified atom stereocenters. The van der Waals surface area contributed by atoms with E-state index < -0.39 is 10.0 Å². The Balaban J connectivity index is 0.00000480. The van der Waals surface area contributed by atoms with Crippen LogP contribution < -0.4 is 10.6 Å². The molecule has 0 spiro atoms. The number of rotatable bonds is 8. The number of benzene rings is 1. The molecule has 174 valence electrons. The summed E-state index contributed by atoms with van der Waals surface area (Å²) >= 11 is 0. The molecule has 1 heterocycles. The van der Waals surface area contributed by atoms with Crippen molar-refractivity contribution in [1.82, 2.24) is 24.7 Å². The van der Waals surface area contributed by atoms with E-state index in [0.29, 0.717) is 6.54 Å². The summed E-state index contributed by atoms with van der Waals surface area (Å²) in [6.07, 6.45) is 0.854. The van der Waals surface area contributed by atoms with E-state index in [0.717, 1.165) is 30.2 Å². The van der Waals surface area contributed by atoms with Crippen LogP contribution in [0, 0.1) is 13.8 Å². The highest BCUT2D eigenvalue weighted by Crippen LogP contribution is 2.15. The maximum absolute atomic E-state index is 12.2. The first kappa shape index (κ1) is 27.4. The lowest BCUT2D eigenvalue weighted by atomic mass is 10.1. The SMILES string of the molecule is CCNC(=NCc1ccc(S(=O)(=O)N(C)C)cc1)NC(C)Cc1c(C)nn(C)c1C.I. The average Bonchev–Trinajstić information content (AvgIpc) is 2.92. The summed E-state index contributed by atoms with van der Waals surface area (Å²) in [5.74, 6) is 0.731. The molecule has 8 nitrogen and oxygen atoms in total. The zero-order valence-corrected chi connectivity index (χ0v) is 22.6.